The molecule has 0 saturated heterocycles. The van der Waals surface area contributed by atoms with Crippen LogP contribution in [0.25, 0.3) is 11.3 Å². The minimum atomic E-state index is -2.52. The van der Waals surface area contributed by atoms with E-state index in [9.17, 15) is 14.3 Å². The minimum absolute atomic E-state index is 0.111. The number of para-hydroxylation sites is 1. The van der Waals surface area contributed by atoms with Crippen LogP contribution in [0.5, 0.6) is 5.75 Å². The van der Waals surface area contributed by atoms with Gasteiger partial charge in [0.05, 0.1) is 34.9 Å². The van der Waals surface area contributed by atoms with Crippen molar-refractivity contribution in [2.75, 3.05) is 24.5 Å². The first-order valence-electron chi connectivity index (χ1n) is 13.1. The largest absolute Gasteiger partial charge is 0.494 e. The van der Waals surface area contributed by atoms with Crippen molar-refractivity contribution in [1.29, 1.82) is 0 Å². The molecule has 0 unspecified atom stereocenters. The van der Waals surface area contributed by atoms with Crippen LogP contribution in [0.15, 0.2) is 35.6 Å². The number of nitrogens with zero attached hydrogens (tertiary/aromatic N) is 6. The number of hydrogen-bond acceptors (Lipinski definition) is 9. The lowest BCUT2D eigenvalue weighted by Gasteiger charge is -2.17. The smallest absolute Gasteiger partial charge is 0.271 e. The first kappa shape index (κ1) is 26.8. The Morgan fingerprint density at radius 2 is 1.79 bits per heavy atom. The molecule has 0 atom stereocenters. The highest BCUT2D eigenvalue weighted by atomic mass is 31.2. The van der Waals surface area contributed by atoms with E-state index in [1.165, 1.54) is 39.5 Å². The summed E-state index contributed by atoms with van der Waals surface area (Å²) in [5, 5.41) is 19.3. The molecule has 0 aliphatic heterocycles. The van der Waals surface area contributed by atoms with Gasteiger partial charge in [0.15, 0.2) is 17.3 Å². The van der Waals surface area contributed by atoms with E-state index in [0.29, 0.717) is 22.7 Å². The summed E-state index contributed by atoms with van der Waals surface area (Å²) in [7, 11) is 2.26. The average Bonchev–Trinajstić information content (AvgIpc) is 3.79. The Morgan fingerprint density at radius 3 is 2.33 bits per heavy atom. The van der Waals surface area contributed by atoms with Crippen molar-refractivity contribution in [1.82, 2.24) is 20.0 Å². The summed E-state index contributed by atoms with van der Waals surface area (Å²) in [6.45, 7) is 0. The Bertz CT molecular complexity index is 1430. The molecule has 0 spiro atoms. The van der Waals surface area contributed by atoms with Gasteiger partial charge in [-0.1, -0.05) is 25.3 Å². The van der Waals surface area contributed by atoms with Gasteiger partial charge in [0, 0.05) is 37.0 Å². The molecule has 3 aliphatic rings. The van der Waals surface area contributed by atoms with E-state index in [1.807, 2.05) is 25.2 Å². The fraction of sp³-hybridized carbons (Fsp3) is 0.462. The summed E-state index contributed by atoms with van der Waals surface area (Å²) in [4.78, 5) is 22.9. The molecule has 0 bridgehead atoms. The average molecular weight is 553 g/mol. The Hall–Kier alpha value is -3.79. The molecule has 206 valence electrons. The van der Waals surface area contributed by atoms with Crippen molar-refractivity contribution >= 4 is 35.7 Å². The molecule has 3 aromatic rings. The maximum absolute atomic E-state index is 14.1. The first-order valence-corrected chi connectivity index (χ1v) is 14.9. The SMILES string of the molecule is C1CC1.COc1c(Nc2cc(N(C)N=O)nnc2C(N)=O)cccc1-c1cc(P(=O)(C2CC2)C2CC2)n(C)n1. The van der Waals surface area contributed by atoms with Gasteiger partial charge in [0.25, 0.3) is 5.91 Å². The number of nitroso groups, excluding NO2 is 1. The third-order valence-electron chi connectivity index (χ3n) is 6.98. The summed E-state index contributed by atoms with van der Waals surface area (Å²) in [5.74, 6) is -0.206. The second kappa shape index (κ2) is 10.8. The zero-order valence-corrected chi connectivity index (χ0v) is 23.2. The third-order valence-corrected chi connectivity index (χ3v) is 11.3. The second-order valence-electron chi connectivity index (χ2n) is 10.2. The number of methoxy groups -OCH3 is 1. The van der Waals surface area contributed by atoms with Crippen molar-refractivity contribution in [2.24, 2.45) is 18.1 Å². The molecule has 39 heavy (non-hydrogen) atoms. The summed E-state index contributed by atoms with van der Waals surface area (Å²) in [6, 6.07) is 8.81. The lowest BCUT2D eigenvalue weighted by Crippen LogP contribution is -2.20. The molecule has 1 amide bonds. The van der Waals surface area contributed by atoms with Gasteiger partial charge in [-0.05, 0) is 43.9 Å². The first-order chi connectivity index (χ1) is 18.8. The highest BCUT2D eigenvalue weighted by molar-refractivity contribution is 7.73. The van der Waals surface area contributed by atoms with Crippen LogP contribution in [0.2, 0.25) is 0 Å². The fourth-order valence-corrected chi connectivity index (χ4v) is 8.56. The van der Waals surface area contributed by atoms with Crippen molar-refractivity contribution in [3.63, 3.8) is 0 Å². The molecule has 3 N–H and O–H groups in total. The highest BCUT2D eigenvalue weighted by Crippen LogP contribution is 2.69. The van der Waals surface area contributed by atoms with Gasteiger partial charge < -0.3 is 20.4 Å². The molecule has 12 nitrogen and oxygen atoms in total. The standard InChI is InChI=1S/C23H27N8O4P.C3H6/c1-30(29-33)19-11-18(21(23(24)32)27-26-19)25-16-6-4-5-15(22(16)35-3)17-12-20(31(2)28-17)36(34,13-7-8-13)14-9-10-14;1-2-3-1/h4-6,11-14H,7-10H2,1-3H3,(H2,24,32)(H,25,26);1-3H2. The number of benzene rings is 1. The highest BCUT2D eigenvalue weighted by Gasteiger charge is 2.53. The molecule has 3 saturated carbocycles. The Morgan fingerprint density at radius 1 is 1.13 bits per heavy atom. The monoisotopic (exact) mass is 552 g/mol. The van der Waals surface area contributed by atoms with Crippen LogP contribution in [-0.4, -0.2) is 51.4 Å². The molecule has 3 aliphatic carbocycles. The maximum atomic E-state index is 14.1. The molecule has 0 radical (unpaired) electrons. The fourth-order valence-electron chi connectivity index (χ4n) is 4.57. The molecule has 3 fully saturated rings. The van der Waals surface area contributed by atoms with Crippen LogP contribution < -0.4 is 26.2 Å². The predicted molar refractivity (Wildman–Crippen MR) is 150 cm³/mol. The molecule has 2 heterocycles. The van der Waals surface area contributed by atoms with E-state index in [1.54, 1.807) is 10.7 Å². The van der Waals surface area contributed by atoms with Crippen molar-refractivity contribution in [2.45, 2.75) is 56.3 Å². The lowest BCUT2D eigenvalue weighted by molar-refractivity contribution is 0.0995. The summed E-state index contributed by atoms with van der Waals surface area (Å²) in [5.41, 5.74) is 8.79. The van der Waals surface area contributed by atoms with E-state index in [-0.39, 0.29) is 28.5 Å². The molecule has 1 aromatic carbocycles. The zero-order chi connectivity index (χ0) is 27.7. The lowest BCUT2D eigenvalue weighted by atomic mass is 10.1. The molecular weight excluding hydrogens is 519 g/mol. The topological polar surface area (TPSA) is 158 Å². The number of ether oxygens (including phenoxy) is 1. The Kier molecular flexibility index (Phi) is 7.40. The molecule has 6 rings (SSSR count). The normalized spacial score (nSPS) is 16.1. The van der Waals surface area contributed by atoms with E-state index in [2.05, 4.69) is 20.8 Å². The number of hydrogen-bond donors (Lipinski definition) is 2. The number of primary amides is 1. The van der Waals surface area contributed by atoms with Gasteiger partial charge in [0.1, 0.15) is 7.14 Å². The number of anilines is 3. The zero-order valence-electron chi connectivity index (χ0n) is 22.3. The van der Waals surface area contributed by atoms with Gasteiger partial charge in [-0.15, -0.1) is 15.1 Å². The van der Waals surface area contributed by atoms with Gasteiger partial charge in [0.2, 0.25) is 0 Å². The Balaban J connectivity index is 0.000000962. The number of carbonyl (C=O) groups excluding carboxylic acids is 1. The van der Waals surface area contributed by atoms with Crippen LogP contribution in [0.1, 0.15) is 55.4 Å². The Labute approximate surface area is 226 Å². The quantitative estimate of drug-likeness (QED) is 0.212. The van der Waals surface area contributed by atoms with E-state index >= 15 is 0 Å². The third kappa shape index (κ3) is 5.52. The van der Waals surface area contributed by atoms with Crippen LogP contribution in [0.4, 0.5) is 17.2 Å². The van der Waals surface area contributed by atoms with Crippen LogP contribution >= 0.6 is 7.14 Å². The second-order valence-corrected chi connectivity index (χ2v) is 13.5. The summed E-state index contributed by atoms with van der Waals surface area (Å²) >= 11 is 0. The van der Waals surface area contributed by atoms with Crippen molar-refractivity contribution in [3.05, 3.63) is 40.9 Å². The minimum Gasteiger partial charge on any atom is -0.494 e. The number of nitrogens with two attached hydrogens (primary N) is 1. The number of rotatable bonds is 10. The van der Waals surface area contributed by atoms with E-state index < -0.39 is 13.0 Å². The van der Waals surface area contributed by atoms with Gasteiger partial charge in [-0.25, -0.2) is 5.01 Å². The summed E-state index contributed by atoms with van der Waals surface area (Å²) < 4.78 is 21.6. The van der Waals surface area contributed by atoms with Gasteiger partial charge >= 0.3 is 0 Å². The number of carbonyl (C=O) groups is 1. The van der Waals surface area contributed by atoms with Crippen molar-refractivity contribution < 1.29 is 14.1 Å². The molecule has 2 aromatic heterocycles. The number of aryl methyl sites for hydroxylation is 1. The maximum Gasteiger partial charge on any atom is 0.271 e. The predicted octanol–water partition coefficient (Wildman–Crippen LogP) is 4.33. The van der Waals surface area contributed by atoms with Gasteiger partial charge in [-0.3, -0.25) is 9.48 Å². The molecular formula is C26H33N8O4P. The van der Waals surface area contributed by atoms with Crippen LogP contribution in [0.3, 0.4) is 0 Å². The number of amides is 1. The van der Waals surface area contributed by atoms with Crippen LogP contribution in [-0.2, 0) is 11.6 Å². The van der Waals surface area contributed by atoms with Gasteiger partial charge in [-0.2, -0.15) is 5.10 Å². The van der Waals surface area contributed by atoms with Crippen LogP contribution in [0, 0.1) is 4.91 Å². The van der Waals surface area contributed by atoms with E-state index in [0.717, 1.165) is 36.1 Å². The number of aromatic nitrogens is 4. The van der Waals surface area contributed by atoms with E-state index in [4.69, 9.17) is 15.6 Å². The number of nitrogens with one attached hydrogen (secondary N) is 1. The summed E-state index contributed by atoms with van der Waals surface area (Å²) in [6.07, 6.45) is 8.54. The molecule has 13 heteroatoms. The van der Waals surface area contributed by atoms with Crippen molar-refractivity contribution in [3.8, 4) is 17.0 Å².